The van der Waals surface area contributed by atoms with Crippen LogP contribution in [0.1, 0.15) is 20.8 Å². The van der Waals surface area contributed by atoms with Crippen molar-refractivity contribution in [2.75, 3.05) is 5.75 Å². The van der Waals surface area contributed by atoms with Crippen molar-refractivity contribution < 1.29 is 4.79 Å². The summed E-state index contributed by atoms with van der Waals surface area (Å²) in [6.45, 7) is 5.84. The Bertz CT molecular complexity index is 319. The number of rotatable bonds is 4. The molecular formula is C11H15NOS2. The summed E-state index contributed by atoms with van der Waals surface area (Å²) in [5.74, 6) is 0.806. The molecule has 0 N–H and O–H groups in total. The highest BCUT2D eigenvalue weighted by atomic mass is 33.1. The molecule has 0 saturated carbocycles. The quantitative estimate of drug-likeness (QED) is 0.755. The highest BCUT2D eigenvalue weighted by Gasteiger charge is 2.20. The van der Waals surface area contributed by atoms with Gasteiger partial charge in [0.1, 0.15) is 10.8 Å². The lowest BCUT2D eigenvalue weighted by Crippen LogP contribution is -2.21. The Morgan fingerprint density at radius 1 is 1.40 bits per heavy atom. The van der Waals surface area contributed by atoms with E-state index >= 15 is 0 Å². The molecule has 0 radical (unpaired) electrons. The van der Waals surface area contributed by atoms with Crippen LogP contribution in [0.15, 0.2) is 29.4 Å². The van der Waals surface area contributed by atoms with Crippen LogP contribution in [0.4, 0.5) is 0 Å². The summed E-state index contributed by atoms with van der Waals surface area (Å²) >= 11 is 0. The first kappa shape index (κ1) is 12.6. The van der Waals surface area contributed by atoms with Gasteiger partial charge in [0.25, 0.3) is 0 Å². The van der Waals surface area contributed by atoms with E-state index in [1.807, 2.05) is 39.0 Å². The van der Waals surface area contributed by atoms with E-state index in [9.17, 15) is 4.79 Å². The third kappa shape index (κ3) is 4.71. The van der Waals surface area contributed by atoms with Crippen molar-refractivity contribution in [3.8, 4) is 0 Å². The zero-order chi connectivity index (χ0) is 11.3. The van der Waals surface area contributed by atoms with Crippen molar-refractivity contribution in [2.24, 2.45) is 5.41 Å². The fourth-order valence-corrected chi connectivity index (χ4v) is 2.87. The predicted octanol–water partition coefficient (Wildman–Crippen LogP) is 3.44. The van der Waals surface area contributed by atoms with Gasteiger partial charge in [-0.2, -0.15) is 0 Å². The largest absolute Gasteiger partial charge is 0.298 e. The third-order valence-corrected chi connectivity index (χ3v) is 3.94. The van der Waals surface area contributed by atoms with Crippen molar-refractivity contribution in [2.45, 2.75) is 25.8 Å². The Kier molecular flexibility index (Phi) is 4.67. The standard InChI is InChI=1S/C11H15NOS2/c1-11(2,3)9(13)8-14-15-10-6-4-5-7-12-10/h4-7H,8H2,1-3H3. The minimum absolute atomic E-state index is 0.238. The summed E-state index contributed by atoms with van der Waals surface area (Å²) in [5, 5.41) is 0.948. The Hall–Kier alpha value is -0.480. The molecule has 0 aliphatic rings. The number of Topliss-reactive ketones (excluding diaryl/α,β-unsaturated/α-hetero) is 1. The smallest absolute Gasteiger partial charge is 0.148 e. The molecule has 0 aliphatic heterocycles. The summed E-state index contributed by atoms with van der Waals surface area (Å²) in [5.41, 5.74) is -0.238. The molecule has 82 valence electrons. The second kappa shape index (κ2) is 5.56. The van der Waals surface area contributed by atoms with Crippen molar-refractivity contribution in [3.63, 3.8) is 0 Å². The highest BCUT2D eigenvalue weighted by Crippen LogP contribution is 2.30. The summed E-state index contributed by atoms with van der Waals surface area (Å²) in [7, 11) is 3.10. The van der Waals surface area contributed by atoms with Crippen LogP contribution in [0.25, 0.3) is 0 Å². The number of hydrogen-bond acceptors (Lipinski definition) is 4. The van der Waals surface area contributed by atoms with Crippen molar-refractivity contribution >= 4 is 27.4 Å². The number of carbonyl (C=O) groups excluding carboxylic acids is 1. The van der Waals surface area contributed by atoms with E-state index in [1.165, 1.54) is 0 Å². The number of nitrogens with zero attached hydrogens (tertiary/aromatic N) is 1. The molecule has 0 aromatic carbocycles. The lowest BCUT2D eigenvalue weighted by molar-refractivity contribution is -0.123. The van der Waals surface area contributed by atoms with Crippen molar-refractivity contribution in [3.05, 3.63) is 24.4 Å². The number of ketones is 1. The number of hydrogen-bond donors (Lipinski definition) is 0. The van der Waals surface area contributed by atoms with Gasteiger partial charge in [-0.15, -0.1) is 0 Å². The monoisotopic (exact) mass is 241 g/mol. The van der Waals surface area contributed by atoms with E-state index in [1.54, 1.807) is 27.8 Å². The molecule has 1 aromatic rings. The van der Waals surface area contributed by atoms with Crippen LogP contribution in [-0.2, 0) is 4.79 Å². The number of pyridine rings is 1. The van der Waals surface area contributed by atoms with Gasteiger partial charge < -0.3 is 0 Å². The first-order valence-corrected chi connectivity index (χ1v) is 7.06. The predicted molar refractivity (Wildman–Crippen MR) is 67.0 cm³/mol. The summed E-state index contributed by atoms with van der Waals surface area (Å²) in [6, 6.07) is 5.77. The molecule has 1 heterocycles. The maximum atomic E-state index is 11.6. The van der Waals surface area contributed by atoms with Crippen molar-refractivity contribution in [1.29, 1.82) is 0 Å². The van der Waals surface area contributed by atoms with Gasteiger partial charge in [-0.1, -0.05) is 37.6 Å². The maximum absolute atomic E-state index is 11.6. The number of aromatic nitrogens is 1. The van der Waals surface area contributed by atoms with E-state index in [0.29, 0.717) is 5.75 Å². The van der Waals surface area contributed by atoms with Crippen LogP contribution >= 0.6 is 21.6 Å². The van der Waals surface area contributed by atoms with Crippen LogP contribution in [0.2, 0.25) is 0 Å². The van der Waals surface area contributed by atoms with Crippen LogP contribution in [0.3, 0.4) is 0 Å². The average Bonchev–Trinajstić information content (AvgIpc) is 2.18. The van der Waals surface area contributed by atoms with E-state index in [4.69, 9.17) is 0 Å². The van der Waals surface area contributed by atoms with Gasteiger partial charge in [0.05, 0.1) is 5.75 Å². The Labute approximate surface area is 98.6 Å². The van der Waals surface area contributed by atoms with Gasteiger partial charge in [-0.25, -0.2) is 4.98 Å². The molecule has 0 bridgehead atoms. The van der Waals surface area contributed by atoms with Gasteiger partial charge in [-0.05, 0) is 22.9 Å². The maximum Gasteiger partial charge on any atom is 0.148 e. The Balaban J connectivity index is 2.32. The molecule has 0 spiro atoms. The third-order valence-electron chi connectivity index (χ3n) is 1.81. The van der Waals surface area contributed by atoms with Gasteiger partial charge in [0.2, 0.25) is 0 Å². The van der Waals surface area contributed by atoms with E-state index in [0.717, 1.165) is 5.03 Å². The normalized spacial score (nSPS) is 11.4. The molecule has 15 heavy (non-hydrogen) atoms. The average molecular weight is 241 g/mol. The highest BCUT2D eigenvalue weighted by molar-refractivity contribution is 8.76. The molecule has 4 heteroatoms. The zero-order valence-electron chi connectivity index (χ0n) is 9.19. The van der Waals surface area contributed by atoms with Gasteiger partial charge in [0, 0.05) is 11.6 Å². The molecule has 1 aromatic heterocycles. The van der Waals surface area contributed by atoms with Gasteiger partial charge >= 0.3 is 0 Å². The van der Waals surface area contributed by atoms with Crippen LogP contribution in [0.5, 0.6) is 0 Å². The molecule has 1 rings (SSSR count). The topological polar surface area (TPSA) is 30.0 Å². The van der Waals surface area contributed by atoms with Gasteiger partial charge in [-0.3, -0.25) is 4.79 Å². The second-order valence-corrected chi connectivity index (χ2v) is 6.50. The number of carbonyl (C=O) groups is 1. The first-order chi connectivity index (χ1) is 7.00. The molecule has 0 aliphatic carbocycles. The van der Waals surface area contributed by atoms with Gasteiger partial charge in [0.15, 0.2) is 0 Å². The molecule has 2 nitrogen and oxygen atoms in total. The first-order valence-electron chi connectivity index (χ1n) is 4.74. The van der Waals surface area contributed by atoms with E-state index < -0.39 is 0 Å². The van der Waals surface area contributed by atoms with E-state index in [-0.39, 0.29) is 11.2 Å². The van der Waals surface area contributed by atoms with Crippen LogP contribution in [0, 0.1) is 5.41 Å². The van der Waals surface area contributed by atoms with Crippen LogP contribution < -0.4 is 0 Å². The molecular weight excluding hydrogens is 226 g/mol. The second-order valence-electron chi connectivity index (χ2n) is 4.19. The lowest BCUT2D eigenvalue weighted by Gasteiger charge is -2.15. The summed E-state index contributed by atoms with van der Waals surface area (Å²) < 4.78 is 0. The molecule has 0 saturated heterocycles. The fraction of sp³-hybridized carbons (Fsp3) is 0.455. The van der Waals surface area contributed by atoms with Crippen LogP contribution in [-0.4, -0.2) is 16.5 Å². The molecule has 0 unspecified atom stereocenters. The summed E-state index contributed by atoms with van der Waals surface area (Å²) in [6.07, 6.45) is 1.76. The molecule has 0 fully saturated rings. The zero-order valence-corrected chi connectivity index (χ0v) is 10.8. The molecule has 0 amide bonds. The van der Waals surface area contributed by atoms with E-state index in [2.05, 4.69) is 4.98 Å². The Morgan fingerprint density at radius 3 is 2.67 bits per heavy atom. The summed E-state index contributed by atoms with van der Waals surface area (Å²) in [4.78, 5) is 15.8. The SMILES string of the molecule is CC(C)(C)C(=O)CSSc1ccccn1. The minimum Gasteiger partial charge on any atom is -0.298 e. The fourth-order valence-electron chi connectivity index (χ4n) is 0.756. The van der Waals surface area contributed by atoms with Crippen molar-refractivity contribution in [1.82, 2.24) is 4.98 Å². The minimum atomic E-state index is -0.238. The lowest BCUT2D eigenvalue weighted by atomic mass is 9.92. The Morgan fingerprint density at radius 2 is 2.13 bits per heavy atom. The molecule has 0 atom stereocenters.